The summed E-state index contributed by atoms with van der Waals surface area (Å²) in [5.41, 5.74) is 0. The number of nitrogens with one attached hydrogen (secondary N) is 1. The van der Waals surface area contributed by atoms with Gasteiger partial charge in [-0.05, 0) is 53.4 Å². The molecule has 3 heteroatoms. The molecular formula is C19H37N3. The van der Waals surface area contributed by atoms with Crippen LogP contribution in [0.5, 0.6) is 0 Å². The smallest absolute Gasteiger partial charge is 0.194 e. The van der Waals surface area contributed by atoms with Gasteiger partial charge in [-0.1, -0.05) is 38.5 Å². The molecule has 0 saturated heterocycles. The lowest BCUT2D eigenvalue weighted by molar-refractivity contribution is 0.269. The number of nitrogens with zero attached hydrogens (tertiary/aromatic N) is 2. The van der Waals surface area contributed by atoms with Crippen LogP contribution in [0.25, 0.3) is 0 Å². The van der Waals surface area contributed by atoms with Crippen LogP contribution in [0.3, 0.4) is 0 Å². The van der Waals surface area contributed by atoms with E-state index in [4.69, 9.17) is 4.99 Å². The van der Waals surface area contributed by atoms with E-state index in [1.165, 1.54) is 70.2 Å². The molecule has 0 amide bonds. The molecule has 1 N–H and O–H groups in total. The zero-order valence-electron chi connectivity index (χ0n) is 15.3. The third-order valence-electron chi connectivity index (χ3n) is 5.18. The molecule has 0 radical (unpaired) electrons. The summed E-state index contributed by atoms with van der Waals surface area (Å²) in [6, 6.07) is 2.17. The minimum absolute atomic E-state index is 0.499. The SMILES string of the molecule is CC(C)N(C(=NC1CCCCC1)NC1CCCCC1)C(C)C. The Hall–Kier alpha value is -0.730. The summed E-state index contributed by atoms with van der Waals surface area (Å²) in [6.45, 7) is 9.16. The Morgan fingerprint density at radius 1 is 0.818 bits per heavy atom. The van der Waals surface area contributed by atoms with Crippen molar-refractivity contribution in [3.63, 3.8) is 0 Å². The maximum absolute atomic E-state index is 5.20. The van der Waals surface area contributed by atoms with E-state index in [1.54, 1.807) is 0 Å². The molecule has 2 saturated carbocycles. The van der Waals surface area contributed by atoms with Gasteiger partial charge in [-0.3, -0.25) is 0 Å². The highest BCUT2D eigenvalue weighted by molar-refractivity contribution is 5.81. The largest absolute Gasteiger partial charge is 0.353 e. The van der Waals surface area contributed by atoms with Gasteiger partial charge in [-0.15, -0.1) is 0 Å². The third-order valence-corrected chi connectivity index (χ3v) is 5.18. The first kappa shape index (κ1) is 17.6. The summed E-state index contributed by atoms with van der Waals surface area (Å²) in [5.74, 6) is 1.18. The van der Waals surface area contributed by atoms with E-state index in [2.05, 4.69) is 37.9 Å². The number of hydrogen-bond donors (Lipinski definition) is 1. The maximum atomic E-state index is 5.20. The van der Waals surface area contributed by atoms with Crippen molar-refractivity contribution in [1.82, 2.24) is 10.2 Å². The molecule has 0 unspecified atom stereocenters. The molecule has 2 aliphatic rings. The molecule has 22 heavy (non-hydrogen) atoms. The van der Waals surface area contributed by atoms with E-state index in [0.717, 1.165) is 0 Å². The van der Waals surface area contributed by atoms with E-state index in [0.29, 0.717) is 24.2 Å². The number of hydrogen-bond acceptors (Lipinski definition) is 1. The van der Waals surface area contributed by atoms with E-state index in [1.807, 2.05) is 0 Å². The van der Waals surface area contributed by atoms with Crippen molar-refractivity contribution in [2.75, 3.05) is 0 Å². The average molecular weight is 308 g/mol. The van der Waals surface area contributed by atoms with Crippen molar-refractivity contribution in [3.05, 3.63) is 0 Å². The average Bonchev–Trinajstić information content (AvgIpc) is 2.48. The van der Waals surface area contributed by atoms with Crippen molar-refractivity contribution in [2.24, 2.45) is 4.99 Å². The van der Waals surface area contributed by atoms with Gasteiger partial charge in [0.2, 0.25) is 0 Å². The van der Waals surface area contributed by atoms with Crippen LogP contribution in [0.2, 0.25) is 0 Å². The van der Waals surface area contributed by atoms with Gasteiger partial charge in [-0.25, -0.2) is 4.99 Å². The summed E-state index contributed by atoms with van der Waals surface area (Å²) >= 11 is 0. The lowest BCUT2D eigenvalue weighted by atomic mass is 9.95. The van der Waals surface area contributed by atoms with Crippen molar-refractivity contribution in [1.29, 1.82) is 0 Å². The maximum Gasteiger partial charge on any atom is 0.194 e. The molecule has 0 bridgehead atoms. The molecule has 0 heterocycles. The molecule has 0 aromatic rings. The van der Waals surface area contributed by atoms with E-state index in [9.17, 15) is 0 Å². The second-order valence-electron chi connectivity index (χ2n) is 7.82. The molecule has 0 aliphatic heterocycles. The van der Waals surface area contributed by atoms with Crippen LogP contribution >= 0.6 is 0 Å². The fraction of sp³-hybridized carbons (Fsp3) is 0.947. The Balaban J connectivity index is 2.12. The molecule has 128 valence electrons. The van der Waals surface area contributed by atoms with Gasteiger partial charge >= 0.3 is 0 Å². The first-order valence-corrected chi connectivity index (χ1v) is 9.70. The summed E-state index contributed by atoms with van der Waals surface area (Å²) in [5, 5.41) is 3.84. The monoisotopic (exact) mass is 307 g/mol. The molecule has 0 spiro atoms. The fourth-order valence-electron chi connectivity index (χ4n) is 4.08. The highest BCUT2D eigenvalue weighted by atomic mass is 15.3. The van der Waals surface area contributed by atoms with Crippen molar-refractivity contribution >= 4 is 5.96 Å². The summed E-state index contributed by atoms with van der Waals surface area (Å²) in [4.78, 5) is 7.69. The topological polar surface area (TPSA) is 27.6 Å². The van der Waals surface area contributed by atoms with Crippen LogP contribution in [0.15, 0.2) is 4.99 Å². The van der Waals surface area contributed by atoms with Gasteiger partial charge in [-0.2, -0.15) is 0 Å². The molecule has 0 atom stereocenters. The van der Waals surface area contributed by atoms with E-state index >= 15 is 0 Å². The quantitative estimate of drug-likeness (QED) is 0.601. The molecule has 0 aromatic carbocycles. The lowest BCUT2D eigenvalue weighted by Gasteiger charge is -2.37. The molecular weight excluding hydrogens is 270 g/mol. The van der Waals surface area contributed by atoms with Crippen LogP contribution in [-0.2, 0) is 0 Å². The van der Waals surface area contributed by atoms with Gasteiger partial charge in [0.1, 0.15) is 0 Å². The summed E-state index contributed by atoms with van der Waals surface area (Å²) < 4.78 is 0. The van der Waals surface area contributed by atoms with Crippen molar-refractivity contribution in [2.45, 2.75) is 116 Å². The zero-order valence-corrected chi connectivity index (χ0v) is 15.3. The number of aliphatic imine (C=N–C) groups is 1. The number of guanidine groups is 1. The predicted molar refractivity (Wildman–Crippen MR) is 96.4 cm³/mol. The predicted octanol–water partition coefficient (Wildman–Crippen LogP) is 4.72. The minimum Gasteiger partial charge on any atom is -0.353 e. The Bertz CT molecular complexity index is 329. The zero-order chi connectivity index (χ0) is 15.9. The first-order valence-electron chi connectivity index (χ1n) is 9.70. The number of rotatable bonds is 4. The van der Waals surface area contributed by atoms with Gasteiger partial charge in [0.05, 0.1) is 6.04 Å². The molecule has 2 aliphatic carbocycles. The third kappa shape index (κ3) is 5.17. The second kappa shape index (κ2) is 8.79. The van der Waals surface area contributed by atoms with Gasteiger partial charge in [0.25, 0.3) is 0 Å². The van der Waals surface area contributed by atoms with Gasteiger partial charge < -0.3 is 10.2 Å². The molecule has 3 nitrogen and oxygen atoms in total. The second-order valence-corrected chi connectivity index (χ2v) is 7.82. The molecule has 2 rings (SSSR count). The summed E-state index contributed by atoms with van der Waals surface area (Å²) in [6.07, 6.45) is 13.4. The fourth-order valence-corrected chi connectivity index (χ4v) is 4.08. The minimum atomic E-state index is 0.499. The standard InChI is InChI=1S/C19H37N3/c1-15(2)22(16(3)4)19(20-17-11-7-5-8-12-17)21-18-13-9-6-10-14-18/h15-18H,5-14H2,1-4H3,(H,20,21). The van der Waals surface area contributed by atoms with Crippen LogP contribution in [-0.4, -0.2) is 35.0 Å². The molecule has 0 aromatic heterocycles. The Labute approximate surface area is 138 Å². The first-order chi connectivity index (χ1) is 10.6. The van der Waals surface area contributed by atoms with Crippen LogP contribution in [0, 0.1) is 0 Å². The van der Waals surface area contributed by atoms with E-state index < -0.39 is 0 Å². The Morgan fingerprint density at radius 3 is 1.82 bits per heavy atom. The highest BCUT2D eigenvalue weighted by Crippen LogP contribution is 2.22. The Morgan fingerprint density at radius 2 is 1.32 bits per heavy atom. The van der Waals surface area contributed by atoms with Gasteiger partial charge in [0, 0.05) is 18.1 Å². The Kier molecular flexibility index (Phi) is 7.04. The normalized spacial score (nSPS) is 22.4. The lowest BCUT2D eigenvalue weighted by Crippen LogP contribution is -2.52. The van der Waals surface area contributed by atoms with Crippen LogP contribution in [0.4, 0.5) is 0 Å². The highest BCUT2D eigenvalue weighted by Gasteiger charge is 2.24. The van der Waals surface area contributed by atoms with E-state index in [-0.39, 0.29) is 0 Å². The van der Waals surface area contributed by atoms with Crippen molar-refractivity contribution < 1.29 is 0 Å². The van der Waals surface area contributed by atoms with Crippen molar-refractivity contribution in [3.8, 4) is 0 Å². The van der Waals surface area contributed by atoms with Crippen LogP contribution < -0.4 is 5.32 Å². The van der Waals surface area contributed by atoms with Crippen LogP contribution in [0.1, 0.15) is 91.9 Å². The molecule has 2 fully saturated rings. The van der Waals surface area contributed by atoms with Gasteiger partial charge in [0.15, 0.2) is 5.96 Å². The summed E-state index contributed by atoms with van der Waals surface area (Å²) in [7, 11) is 0.